The van der Waals surface area contributed by atoms with Crippen LogP contribution in [0.15, 0.2) is 42.5 Å². The van der Waals surface area contributed by atoms with Crippen LogP contribution < -0.4 is 10.5 Å². The van der Waals surface area contributed by atoms with Gasteiger partial charge in [-0.2, -0.15) is 0 Å². The zero-order chi connectivity index (χ0) is 14.5. The zero-order valence-corrected chi connectivity index (χ0v) is 11.3. The fourth-order valence-electron chi connectivity index (χ4n) is 1.91. The van der Waals surface area contributed by atoms with Crippen LogP contribution in [0.1, 0.15) is 27.0 Å². The van der Waals surface area contributed by atoms with Gasteiger partial charge in [0, 0.05) is 12.1 Å². The summed E-state index contributed by atoms with van der Waals surface area (Å²) in [5.41, 5.74) is 8.99. The van der Waals surface area contributed by atoms with Crippen molar-refractivity contribution < 1.29 is 14.6 Å². The SMILES string of the molecule is Cc1ccc(OCc2ccc(C(=O)O)cc2)c(CN)c1. The first-order valence-electron chi connectivity index (χ1n) is 6.35. The van der Waals surface area contributed by atoms with E-state index in [2.05, 4.69) is 0 Å². The van der Waals surface area contributed by atoms with Gasteiger partial charge in [-0.1, -0.05) is 29.8 Å². The van der Waals surface area contributed by atoms with E-state index in [-0.39, 0.29) is 5.56 Å². The third-order valence-corrected chi connectivity index (χ3v) is 3.03. The molecule has 0 aliphatic carbocycles. The van der Waals surface area contributed by atoms with Gasteiger partial charge in [-0.3, -0.25) is 0 Å². The van der Waals surface area contributed by atoms with Crippen LogP contribution in [0.5, 0.6) is 5.75 Å². The number of carboxylic acids is 1. The van der Waals surface area contributed by atoms with Gasteiger partial charge in [-0.25, -0.2) is 4.79 Å². The number of ether oxygens (including phenoxy) is 1. The predicted molar refractivity (Wildman–Crippen MR) is 76.8 cm³/mol. The lowest BCUT2D eigenvalue weighted by molar-refractivity contribution is 0.0697. The van der Waals surface area contributed by atoms with Crippen LogP contribution in [-0.4, -0.2) is 11.1 Å². The lowest BCUT2D eigenvalue weighted by Crippen LogP contribution is -2.03. The summed E-state index contributed by atoms with van der Waals surface area (Å²) in [4.78, 5) is 10.8. The molecule has 20 heavy (non-hydrogen) atoms. The van der Waals surface area contributed by atoms with E-state index in [9.17, 15) is 4.79 Å². The molecule has 4 heteroatoms. The van der Waals surface area contributed by atoms with E-state index in [0.29, 0.717) is 13.2 Å². The number of carbonyl (C=O) groups is 1. The maximum Gasteiger partial charge on any atom is 0.335 e. The predicted octanol–water partition coefficient (Wildman–Crippen LogP) is 2.73. The average Bonchev–Trinajstić information content (AvgIpc) is 2.46. The van der Waals surface area contributed by atoms with Crippen LogP contribution in [0, 0.1) is 6.92 Å². The molecule has 104 valence electrons. The Morgan fingerprint density at radius 3 is 2.50 bits per heavy atom. The monoisotopic (exact) mass is 271 g/mol. The minimum absolute atomic E-state index is 0.270. The van der Waals surface area contributed by atoms with Gasteiger partial charge >= 0.3 is 5.97 Å². The Hall–Kier alpha value is -2.33. The van der Waals surface area contributed by atoms with Gasteiger partial charge in [0.1, 0.15) is 12.4 Å². The minimum Gasteiger partial charge on any atom is -0.489 e. The average molecular weight is 271 g/mol. The smallest absolute Gasteiger partial charge is 0.335 e. The highest BCUT2D eigenvalue weighted by atomic mass is 16.5. The molecule has 0 spiro atoms. The number of aromatic carboxylic acids is 1. The van der Waals surface area contributed by atoms with E-state index in [4.69, 9.17) is 15.6 Å². The topological polar surface area (TPSA) is 72.5 Å². The van der Waals surface area contributed by atoms with Crippen LogP contribution in [0.4, 0.5) is 0 Å². The number of hydrogen-bond acceptors (Lipinski definition) is 3. The van der Waals surface area contributed by atoms with Gasteiger partial charge in [0.05, 0.1) is 5.56 Å². The molecule has 0 radical (unpaired) electrons. The Morgan fingerprint density at radius 1 is 1.20 bits per heavy atom. The summed E-state index contributed by atoms with van der Waals surface area (Å²) in [7, 11) is 0. The molecule has 0 fully saturated rings. The van der Waals surface area contributed by atoms with Crippen LogP contribution >= 0.6 is 0 Å². The number of hydrogen-bond donors (Lipinski definition) is 2. The van der Waals surface area contributed by atoms with Crippen LogP contribution in [0.3, 0.4) is 0 Å². The van der Waals surface area contributed by atoms with E-state index in [1.54, 1.807) is 24.3 Å². The molecule has 0 aliphatic heterocycles. The van der Waals surface area contributed by atoms with Crippen LogP contribution in [-0.2, 0) is 13.2 Å². The van der Waals surface area contributed by atoms with E-state index in [1.165, 1.54) is 0 Å². The summed E-state index contributed by atoms with van der Waals surface area (Å²) >= 11 is 0. The standard InChI is InChI=1S/C16H17NO3/c1-11-2-7-15(14(8-11)9-17)20-10-12-3-5-13(6-4-12)16(18)19/h2-8H,9-10,17H2,1H3,(H,18,19). The highest BCUT2D eigenvalue weighted by Gasteiger charge is 2.05. The largest absolute Gasteiger partial charge is 0.489 e. The summed E-state index contributed by atoms with van der Waals surface area (Å²) < 4.78 is 5.74. The quantitative estimate of drug-likeness (QED) is 0.877. The molecule has 0 heterocycles. The van der Waals surface area contributed by atoms with E-state index < -0.39 is 5.97 Å². The Kier molecular flexibility index (Phi) is 4.38. The second kappa shape index (κ2) is 6.21. The van der Waals surface area contributed by atoms with Crippen molar-refractivity contribution in [1.29, 1.82) is 0 Å². The summed E-state index contributed by atoms with van der Waals surface area (Å²) in [6.07, 6.45) is 0. The summed E-state index contributed by atoms with van der Waals surface area (Å²) in [6.45, 7) is 2.82. The van der Waals surface area contributed by atoms with Gasteiger partial charge in [0.15, 0.2) is 0 Å². The number of benzene rings is 2. The molecule has 0 amide bonds. The minimum atomic E-state index is -0.929. The molecule has 0 saturated carbocycles. The van der Waals surface area contributed by atoms with Crippen molar-refractivity contribution in [1.82, 2.24) is 0 Å². The first-order chi connectivity index (χ1) is 9.60. The molecule has 0 aromatic heterocycles. The molecule has 0 atom stereocenters. The summed E-state index contributed by atoms with van der Waals surface area (Å²) in [6, 6.07) is 12.5. The Labute approximate surface area is 117 Å². The second-order valence-corrected chi connectivity index (χ2v) is 4.61. The third kappa shape index (κ3) is 3.36. The fraction of sp³-hybridized carbons (Fsp3) is 0.188. The normalized spacial score (nSPS) is 10.3. The Balaban J connectivity index is 2.06. The molecule has 4 nitrogen and oxygen atoms in total. The van der Waals surface area contributed by atoms with Crippen molar-refractivity contribution in [2.45, 2.75) is 20.1 Å². The van der Waals surface area contributed by atoms with Gasteiger partial charge in [0.25, 0.3) is 0 Å². The molecule has 0 aliphatic rings. The zero-order valence-electron chi connectivity index (χ0n) is 11.3. The third-order valence-electron chi connectivity index (χ3n) is 3.03. The molecule has 2 aromatic carbocycles. The van der Waals surface area contributed by atoms with Crippen molar-refractivity contribution in [3.8, 4) is 5.75 Å². The molecular weight excluding hydrogens is 254 g/mol. The van der Waals surface area contributed by atoms with Crippen LogP contribution in [0.2, 0.25) is 0 Å². The molecule has 0 bridgehead atoms. The summed E-state index contributed by atoms with van der Waals surface area (Å²) in [5, 5.41) is 8.83. The van der Waals surface area contributed by atoms with Gasteiger partial charge < -0.3 is 15.6 Å². The first-order valence-corrected chi connectivity index (χ1v) is 6.35. The van der Waals surface area contributed by atoms with Crippen molar-refractivity contribution >= 4 is 5.97 Å². The maximum atomic E-state index is 10.8. The molecule has 0 unspecified atom stereocenters. The lowest BCUT2D eigenvalue weighted by atomic mass is 10.1. The highest BCUT2D eigenvalue weighted by molar-refractivity contribution is 5.87. The van der Waals surface area contributed by atoms with Crippen molar-refractivity contribution in [2.24, 2.45) is 5.73 Å². The fourth-order valence-corrected chi connectivity index (χ4v) is 1.91. The van der Waals surface area contributed by atoms with Crippen LogP contribution in [0.25, 0.3) is 0 Å². The van der Waals surface area contributed by atoms with E-state index >= 15 is 0 Å². The van der Waals surface area contributed by atoms with Gasteiger partial charge in [-0.15, -0.1) is 0 Å². The van der Waals surface area contributed by atoms with E-state index in [1.807, 2.05) is 25.1 Å². The molecular formula is C16H17NO3. The van der Waals surface area contributed by atoms with Gasteiger partial charge in [0.2, 0.25) is 0 Å². The summed E-state index contributed by atoms with van der Waals surface area (Å²) in [5.74, 6) is -0.165. The Bertz CT molecular complexity index is 606. The number of rotatable bonds is 5. The molecule has 0 saturated heterocycles. The first kappa shape index (κ1) is 14.1. The maximum absolute atomic E-state index is 10.8. The second-order valence-electron chi connectivity index (χ2n) is 4.61. The number of carboxylic acid groups (broad SMARTS) is 1. The van der Waals surface area contributed by atoms with Crippen molar-refractivity contribution in [3.63, 3.8) is 0 Å². The van der Waals surface area contributed by atoms with E-state index in [0.717, 1.165) is 22.4 Å². The van der Waals surface area contributed by atoms with Crippen molar-refractivity contribution in [3.05, 3.63) is 64.7 Å². The van der Waals surface area contributed by atoms with Crippen molar-refractivity contribution in [2.75, 3.05) is 0 Å². The van der Waals surface area contributed by atoms with Gasteiger partial charge in [-0.05, 0) is 30.7 Å². The molecule has 3 N–H and O–H groups in total. The number of nitrogens with two attached hydrogens (primary N) is 1. The highest BCUT2D eigenvalue weighted by Crippen LogP contribution is 2.20. The molecule has 2 rings (SSSR count). The lowest BCUT2D eigenvalue weighted by Gasteiger charge is -2.11. The number of aryl methyl sites for hydroxylation is 1. The Morgan fingerprint density at radius 2 is 1.90 bits per heavy atom. The molecule has 2 aromatic rings.